The molecular weight excluding hydrogens is 242 g/mol. The number of rotatable bonds is 3. The molecule has 0 saturated heterocycles. The molecule has 5 rings (SSSR count). The topological polar surface area (TPSA) is 37.8 Å². The van der Waals surface area contributed by atoms with Crippen molar-refractivity contribution in [2.24, 2.45) is 17.8 Å². The molecule has 0 radical (unpaired) electrons. The van der Waals surface area contributed by atoms with Crippen LogP contribution in [0.3, 0.4) is 0 Å². The summed E-state index contributed by atoms with van der Waals surface area (Å²) in [7, 11) is 1.98. The van der Waals surface area contributed by atoms with E-state index in [1.807, 2.05) is 18.4 Å². The first-order valence-electron chi connectivity index (χ1n) is 7.25. The third-order valence-corrected chi connectivity index (χ3v) is 6.46. The fraction of sp³-hybridized carbons (Fsp3) is 0.857. The van der Waals surface area contributed by atoms with Crippen molar-refractivity contribution in [3.8, 4) is 0 Å². The van der Waals surface area contributed by atoms with Gasteiger partial charge in [-0.3, -0.25) is 0 Å². The monoisotopic (exact) mass is 263 g/mol. The van der Waals surface area contributed by atoms with Crippen LogP contribution in [-0.2, 0) is 12.0 Å². The van der Waals surface area contributed by atoms with E-state index in [2.05, 4.69) is 15.5 Å². The number of nitrogens with one attached hydrogen (secondary N) is 1. The lowest BCUT2D eigenvalue weighted by atomic mass is 9.50. The first kappa shape index (κ1) is 11.4. The molecule has 0 amide bonds. The summed E-state index contributed by atoms with van der Waals surface area (Å²) in [6.07, 6.45) is 8.69. The average Bonchev–Trinajstić information content (AvgIpc) is 2.77. The summed E-state index contributed by atoms with van der Waals surface area (Å²) in [5.41, 5.74) is 0.429. The van der Waals surface area contributed by atoms with Crippen LogP contribution in [0.4, 0.5) is 0 Å². The molecule has 18 heavy (non-hydrogen) atoms. The van der Waals surface area contributed by atoms with E-state index in [0.29, 0.717) is 5.41 Å². The third-order valence-electron chi connectivity index (χ3n) is 5.29. The molecule has 4 bridgehead atoms. The highest BCUT2D eigenvalue weighted by Crippen LogP contribution is 2.60. The van der Waals surface area contributed by atoms with Gasteiger partial charge in [-0.2, -0.15) is 0 Å². The van der Waals surface area contributed by atoms with E-state index in [1.54, 1.807) is 0 Å². The number of aromatic nitrogens is 2. The summed E-state index contributed by atoms with van der Waals surface area (Å²) in [4.78, 5) is 0. The number of hydrogen-bond acceptors (Lipinski definition) is 4. The predicted molar refractivity (Wildman–Crippen MR) is 72.5 cm³/mol. The standard InChI is InChI=1S/C14H21N3S/c1-15-8-12-16-17-13(18-12)14-5-9-2-10(6-14)4-11(3-9)7-14/h9-11,15H,2-8H2,1H3. The second kappa shape index (κ2) is 4.01. The van der Waals surface area contributed by atoms with E-state index in [9.17, 15) is 0 Å². The van der Waals surface area contributed by atoms with Gasteiger partial charge in [-0.1, -0.05) is 11.3 Å². The van der Waals surface area contributed by atoms with Crippen LogP contribution in [0.2, 0.25) is 0 Å². The maximum Gasteiger partial charge on any atom is 0.131 e. The van der Waals surface area contributed by atoms with Crippen LogP contribution in [0.1, 0.15) is 48.5 Å². The molecule has 0 spiro atoms. The zero-order chi connectivity index (χ0) is 12.2. The molecular formula is C14H21N3S. The molecule has 1 heterocycles. The molecule has 4 heteroatoms. The fourth-order valence-corrected chi connectivity index (χ4v) is 6.13. The van der Waals surface area contributed by atoms with Crippen LogP contribution in [-0.4, -0.2) is 17.2 Å². The van der Waals surface area contributed by atoms with Gasteiger partial charge < -0.3 is 5.32 Å². The smallest absolute Gasteiger partial charge is 0.131 e. The highest BCUT2D eigenvalue weighted by Gasteiger charge is 2.53. The van der Waals surface area contributed by atoms with Crippen LogP contribution < -0.4 is 5.32 Å². The van der Waals surface area contributed by atoms with Gasteiger partial charge in [0, 0.05) is 12.0 Å². The fourth-order valence-electron chi connectivity index (χ4n) is 5.06. The maximum absolute atomic E-state index is 4.55. The van der Waals surface area contributed by atoms with Gasteiger partial charge in [-0.05, 0) is 63.3 Å². The Morgan fingerprint density at radius 2 is 1.72 bits per heavy atom. The molecule has 1 N–H and O–H groups in total. The Labute approximate surface area is 112 Å². The summed E-state index contributed by atoms with van der Waals surface area (Å²) in [6, 6.07) is 0. The Bertz CT molecular complexity index is 418. The summed E-state index contributed by atoms with van der Waals surface area (Å²) in [6.45, 7) is 0.865. The Kier molecular flexibility index (Phi) is 2.53. The van der Waals surface area contributed by atoms with Gasteiger partial charge in [0.1, 0.15) is 10.0 Å². The average molecular weight is 263 g/mol. The Balaban J connectivity index is 1.66. The van der Waals surface area contributed by atoms with Crippen molar-refractivity contribution in [3.63, 3.8) is 0 Å². The van der Waals surface area contributed by atoms with Gasteiger partial charge in [0.05, 0.1) is 0 Å². The zero-order valence-corrected chi connectivity index (χ0v) is 11.8. The predicted octanol–water partition coefficient (Wildman–Crippen LogP) is 2.73. The lowest BCUT2D eigenvalue weighted by Gasteiger charge is -2.55. The van der Waals surface area contributed by atoms with Gasteiger partial charge in [0.2, 0.25) is 0 Å². The first-order chi connectivity index (χ1) is 8.77. The van der Waals surface area contributed by atoms with Crippen molar-refractivity contribution >= 4 is 11.3 Å². The number of nitrogens with zero attached hydrogens (tertiary/aromatic N) is 2. The van der Waals surface area contributed by atoms with Gasteiger partial charge in [0.15, 0.2) is 0 Å². The highest BCUT2D eigenvalue weighted by atomic mass is 32.1. The molecule has 4 aliphatic rings. The van der Waals surface area contributed by atoms with Crippen LogP contribution in [0.15, 0.2) is 0 Å². The molecule has 0 atom stereocenters. The van der Waals surface area contributed by atoms with E-state index >= 15 is 0 Å². The molecule has 0 aliphatic heterocycles. The summed E-state index contributed by atoms with van der Waals surface area (Å²) >= 11 is 1.86. The summed E-state index contributed by atoms with van der Waals surface area (Å²) < 4.78 is 0. The van der Waals surface area contributed by atoms with Crippen LogP contribution >= 0.6 is 11.3 Å². The van der Waals surface area contributed by atoms with Crippen molar-refractivity contribution in [2.75, 3.05) is 7.05 Å². The van der Waals surface area contributed by atoms with Crippen LogP contribution in [0.5, 0.6) is 0 Å². The Morgan fingerprint density at radius 1 is 1.11 bits per heavy atom. The van der Waals surface area contributed by atoms with E-state index in [4.69, 9.17) is 0 Å². The highest BCUT2D eigenvalue weighted by molar-refractivity contribution is 7.11. The minimum atomic E-state index is 0.429. The molecule has 4 fully saturated rings. The Hall–Kier alpha value is -0.480. The van der Waals surface area contributed by atoms with Crippen molar-refractivity contribution in [3.05, 3.63) is 10.0 Å². The molecule has 1 aromatic heterocycles. The summed E-state index contributed by atoms with van der Waals surface area (Å²) in [5, 5.41) is 14.6. The first-order valence-corrected chi connectivity index (χ1v) is 8.06. The number of hydrogen-bond donors (Lipinski definition) is 1. The van der Waals surface area contributed by atoms with Crippen LogP contribution in [0, 0.1) is 17.8 Å². The molecule has 4 saturated carbocycles. The largest absolute Gasteiger partial charge is 0.313 e. The zero-order valence-electron chi connectivity index (χ0n) is 11.0. The van der Waals surface area contributed by atoms with Gasteiger partial charge in [-0.25, -0.2) is 0 Å². The van der Waals surface area contributed by atoms with Crippen molar-refractivity contribution in [2.45, 2.75) is 50.5 Å². The maximum atomic E-state index is 4.55. The SMILES string of the molecule is CNCc1nnc(C23CC4CC(CC(C4)C2)C3)s1. The van der Waals surface area contributed by atoms with E-state index in [0.717, 1.165) is 29.3 Å². The minimum Gasteiger partial charge on any atom is -0.313 e. The summed E-state index contributed by atoms with van der Waals surface area (Å²) in [5.74, 6) is 2.98. The molecule has 4 aliphatic carbocycles. The second-order valence-electron chi connectivity index (χ2n) is 6.73. The molecule has 0 aromatic carbocycles. The van der Waals surface area contributed by atoms with Crippen LogP contribution in [0.25, 0.3) is 0 Å². The lowest BCUT2D eigenvalue weighted by Crippen LogP contribution is -2.48. The molecule has 98 valence electrons. The molecule has 0 unspecified atom stereocenters. The van der Waals surface area contributed by atoms with E-state index in [1.165, 1.54) is 43.5 Å². The minimum absolute atomic E-state index is 0.429. The third kappa shape index (κ3) is 1.65. The van der Waals surface area contributed by atoms with Crippen molar-refractivity contribution in [1.82, 2.24) is 15.5 Å². The van der Waals surface area contributed by atoms with Gasteiger partial charge >= 0.3 is 0 Å². The Morgan fingerprint density at radius 3 is 2.28 bits per heavy atom. The molecule has 3 nitrogen and oxygen atoms in total. The van der Waals surface area contributed by atoms with Crippen molar-refractivity contribution in [1.29, 1.82) is 0 Å². The normalized spacial score (nSPS) is 41.5. The van der Waals surface area contributed by atoms with Gasteiger partial charge in [-0.15, -0.1) is 10.2 Å². The van der Waals surface area contributed by atoms with Gasteiger partial charge in [0.25, 0.3) is 0 Å². The van der Waals surface area contributed by atoms with Crippen molar-refractivity contribution < 1.29 is 0 Å². The van der Waals surface area contributed by atoms with E-state index < -0.39 is 0 Å². The lowest BCUT2D eigenvalue weighted by molar-refractivity contribution is -0.00555. The molecule has 1 aromatic rings. The quantitative estimate of drug-likeness (QED) is 0.911. The van der Waals surface area contributed by atoms with E-state index in [-0.39, 0.29) is 0 Å². The second-order valence-corrected chi connectivity index (χ2v) is 7.79.